The van der Waals surface area contributed by atoms with Gasteiger partial charge in [0.2, 0.25) is 0 Å². The molecule has 0 radical (unpaired) electrons. The van der Waals surface area contributed by atoms with Crippen LogP contribution in [0.15, 0.2) is 54.6 Å². The van der Waals surface area contributed by atoms with Crippen molar-refractivity contribution >= 4 is 11.0 Å². The smallest absolute Gasteiger partial charge is 0.119 e. The van der Waals surface area contributed by atoms with Gasteiger partial charge in [-0.05, 0) is 30.7 Å². The molecular weight excluding hydrogens is 300 g/mol. The van der Waals surface area contributed by atoms with Crippen molar-refractivity contribution in [3.63, 3.8) is 0 Å². The van der Waals surface area contributed by atoms with E-state index < -0.39 is 6.10 Å². The first-order valence-corrected chi connectivity index (χ1v) is 8.50. The van der Waals surface area contributed by atoms with Gasteiger partial charge in [-0.2, -0.15) is 0 Å². The summed E-state index contributed by atoms with van der Waals surface area (Å²) in [4.78, 5) is 4.77. The molecule has 0 saturated carbocycles. The zero-order valence-electron chi connectivity index (χ0n) is 14.2. The van der Waals surface area contributed by atoms with Gasteiger partial charge in [0.05, 0.1) is 17.6 Å². The Labute approximate surface area is 142 Å². The fourth-order valence-electron chi connectivity index (χ4n) is 2.82. The summed E-state index contributed by atoms with van der Waals surface area (Å²) < 4.78 is 7.80. The number of hydrogen-bond donors (Lipinski definition) is 1. The van der Waals surface area contributed by atoms with Crippen LogP contribution in [0.25, 0.3) is 11.0 Å². The van der Waals surface area contributed by atoms with Crippen LogP contribution in [0.4, 0.5) is 0 Å². The third kappa shape index (κ3) is 3.60. The minimum atomic E-state index is -0.592. The molecule has 0 bridgehead atoms. The number of fused-ring (bicyclic) bond motifs is 1. The number of ether oxygens (including phenoxy) is 1. The Morgan fingerprint density at radius 2 is 1.79 bits per heavy atom. The Hall–Kier alpha value is -2.33. The van der Waals surface area contributed by atoms with Crippen LogP contribution in [0.2, 0.25) is 0 Å². The van der Waals surface area contributed by atoms with Crippen molar-refractivity contribution in [2.75, 3.05) is 6.61 Å². The maximum absolute atomic E-state index is 10.4. The highest BCUT2D eigenvalue weighted by Gasteiger charge is 2.18. The molecular formula is C20H24N2O2. The van der Waals surface area contributed by atoms with Gasteiger partial charge >= 0.3 is 0 Å². The third-order valence-electron chi connectivity index (χ3n) is 4.32. The number of hydrogen-bond acceptors (Lipinski definition) is 3. The molecule has 2 aromatic carbocycles. The minimum absolute atomic E-state index is 0.260. The number of imidazole rings is 1. The summed E-state index contributed by atoms with van der Waals surface area (Å²) in [5.41, 5.74) is 2.04. The topological polar surface area (TPSA) is 47.3 Å². The van der Waals surface area contributed by atoms with Crippen LogP contribution in [0, 0.1) is 0 Å². The normalized spacial score (nSPS) is 13.8. The number of aliphatic hydroxyl groups is 1. The van der Waals surface area contributed by atoms with E-state index in [1.165, 1.54) is 0 Å². The van der Waals surface area contributed by atoms with Crippen molar-refractivity contribution in [3.05, 3.63) is 60.4 Å². The van der Waals surface area contributed by atoms with E-state index in [2.05, 4.69) is 24.5 Å². The van der Waals surface area contributed by atoms with E-state index in [0.717, 1.165) is 29.0 Å². The second-order valence-corrected chi connectivity index (χ2v) is 6.16. The van der Waals surface area contributed by atoms with Crippen molar-refractivity contribution in [1.82, 2.24) is 9.55 Å². The Morgan fingerprint density at radius 1 is 1.08 bits per heavy atom. The van der Waals surface area contributed by atoms with E-state index >= 15 is 0 Å². The van der Waals surface area contributed by atoms with E-state index in [-0.39, 0.29) is 6.61 Å². The molecule has 0 saturated heterocycles. The minimum Gasteiger partial charge on any atom is -0.491 e. The molecule has 0 aliphatic rings. The molecule has 0 fully saturated rings. The standard InChI is InChI=1S/C20H24N2O2/c1-3-15(2)20-21-18-11-7-8-12-19(18)22(20)13-16(23)14-24-17-9-5-4-6-10-17/h4-12,15-16,23H,3,13-14H2,1-2H3. The highest BCUT2D eigenvalue weighted by Crippen LogP contribution is 2.24. The van der Waals surface area contributed by atoms with Gasteiger partial charge in [-0.25, -0.2) is 4.98 Å². The van der Waals surface area contributed by atoms with Gasteiger partial charge in [0.25, 0.3) is 0 Å². The number of aromatic nitrogens is 2. The molecule has 1 N–H and O–H groups in total. The SMILES string of the molecule is CCC(C)c1nc2ccccc2n1CC(O)COc1ccccc1. The van der Waals surface area contributed by atoms with E-state index in [9.17, 15) is 5.11 Å². The van der Waals surface area contributed by atoms with Gasteiger partial charge in [-0.1, -0.05) is 44.2 Å². The maximum atomic E-state index is 10.4. The zero-order chi connectivity index (χ0) is 16.9. The summed E-state index contributed by atoms with van der Waals surface area (Å²) in [7, 11) is 0. The Balaban J connectivity index is 1.78. The molecule has 1 aromatic heterocycles. The molecule has 2 unspecified atom stereocenters. The zero-order valence-corrected chi connectivity index (χ0v) is 14.2. The molecule has 0 amide bonds. The first-order chi connectivity index (χ1) is 11.7. The van der Waals surface area contributed by atoms with Gasteiger partial charge in [0.1, 0.15) is 24.3 Å². The van der Waals surface area contributed by atoms with Crippen molar-refractivity contribution in [2.45, 2.75) is 38.8 Å². The second kappa shape index (κ2) is 7.49. The Morgan fingerprint density at radius 3 is 2.54 bits per heavy atom. The molecule has 1 heterocycles. The average molecular weight is 324 g/mol. The van der Waals surface area contributed by atoms with Gasteiger partial charge in [0, 0.05) is 5.92 Å². The molecule has 4 nitrogen and oxygen atoms in total. The highest BCUT2D eigenvalue weighted by atomic mass is 16.5. The molecule has 126 valence electrons. The van der Waals surface area contributed by atoms with Gasteiger partial charge in [-0.15, -0.1) is 0 Å². The summed E-state index contributed by atoms with van der Waals surface area (Å²) in [6.45, 7) is 5.07. The molecule has 0 aliphatic heterocycles. The summed E-state index contributed by atoms with van der Waals surface area (Å²) in [5, 5.41) is 10.4. The lowest BCUT2D eigenvalue weighted by molar-refractivity contribution is 0.0924. The van der Waals surface area contributed by atoms with Crippen LogP contribution in [-0.2, 0) is 6.54 Å². The maximum Gasteiger partial charge on any atom is 0.119 e. The molecule has 0 spiro atoms. The van der Waals surface area contributed by atoms with Crippen molar-refractivity contribution in [2.24, 2.45) is 0 Å². The predicted octanol–water partition coefficient (Wildman–Crippen LogP) is 3.99. The van der Waals surface area contributed by atoms with Crippen LogP contribution in [0.3, 0.4) is 0 Å². The van der Waals surface area contributed by atoms with Gasteiger partial charge in [-0.3, -0.25) is 0 Å². The number of aliphatic hydroxyl groups excluding tert-OH is 1. The summed E-state index contributed by atoms with van der Waals surface area (Å²) in [6, 6.07) is 17.7. The van der Waals surface area contributed by atoms with E-state index in [1.807, 2.05) is 48.5 Å². The van der Waals surface area contributed by atoms with Crippen molar-refractivity contribution in [1.29, 1.82) is 0 Å². The Bertz CT molecular complexity index is 783. The average Bonchev–Trinajstić information content (AvgIpc) is 2.99. The first kappa shape index (κ1) is 16.5. The number of para-hydroxylation sites is 3. The largest absolute Gasteiger partial charge is 0.491 e. The lowest BCUT2D eigenvalue weighted by atomic mass is 10.1. The number of rotatable bonds is 7. The summed E-state index contributed by atoms with van der Waals surface area (Å²) in [6.07, 6.45) is 0.422. The molecule has 0 aliphatic carbocycles. The van der Waals surface area contributed by atoms with Crippen molar-refractivity contribution in [3.8, 4) is 5.75 Å². The van der Waals surface area contributed by atoms with Crippen molar-refractivity contribution < 1.29 is 9.84 Å². The van der Waals surface area contributed by atoms with E-state index in [1.54, 1.807) is 0 Å². The molecule has 3 aromatic rings. The third-order valence-corrected chi connectivity index (χ3v) is 4.32. The monoisotopic (exact) mass is 324 g/mol. The summed E-state index contributed by atoms with van der Waals surface area (Å²) >= 11 is 0. The van der Waals surface area contributed by atoms with Crippen LogP contribution in [-0.4, -0.2) is 27.4 Å². The van der Waals surface area contributed by atoms with E-state index in [0.29, 0.717) is 12.5 Å². The lowest BCUT2D eigenvalue weighted by Crippen LogP contribution is -2.25. The first-order valence-electron chi connectivity index (χ1n) is 8.50. The quantitative estimate of drug-likeness (QED) is 0.715. The predicted molar refractivity (Wildman–Crippen MR) is 96.4 cm³/mol. The second-order valence-electron chi connectivity index (χ2n) is 6.16. The fourth-order valence-corrected chi connectivity index (χ4v) is 2.82. The summed E-state index contributed by atoms with van der Waals surface area (Å²) in [5.74, 6) is 2.14. The van der Waals surface area contributed by atoms with Crippen LogP contribution >= 0.6 is 0 Å². The van der Waals surface area contributed by atoms with Crippen LogP contribution in [0.5, 0.6) is 5.75 Å². The molecule has 4 heteroatoms. The van der Waals surface area contributed by atoms with Crippen LogP contribution in [0.1, 0.15) is 32.0 Å². The molecule has 3 rings (SSSR count). The van der Waals surface area contributed by atoms with Gasteiger partial charge in [0.15, 0.2) is 0 Å². The molecule has 24 heavy (non-hydrogen) atoms. The van der Waals surface area contributed by atoms with E-state index in [4.69, 9.17) is 9.72 Å². The molecule has 2 atom stereocenters. The Kier molecular flexibility index (Phi) is 5.16. The number of nitrogens with zero attached hydrogens (tertiary/aromatic N) is 2. The van der Waals surface area contributed by atoms with Gasteiger partial charge < -0.3 is 14.4 Å². The fraction of sp³-hybridized carbons (Fsp3) is 0.350. The number of benzene rings is 2. The van der Waals surface area contributed by atoms with Crippen LogP contribution < -0.4 is 4.74 Å². The lowest BCUT2D eigenvalue weighted by Gasteiger charge is -2.17. The highest BCUT2D eigenvalue weighted by molar-refractivity contribution is 5.76.